The summed E-state index contributed by atoms with van der Waals surface area (Å²) in [6.07, 6.45) is 6.51. The predicted molar refractivity (Wildman–Crippen MR) is 57.1 cm³/mol. The van der Waals surface area contributed by atoms with Crippen LogP contribution in [-0.2, 0) is 9.47 Å². The van der Waals surface area contributed by atoms with Crippen molar-refractivity contribution >= 4 is 0 Å². The molecule has 1 atom stereocenters. The average molecular weight is 224 g/mol. The molecule has 1 aliphatic heterocycles. The van der Waals surface area contributed by atoms with Crippen LogP contribution < -0.4 is 4.74 Å². The molecular formula is C11H16N2O3. The fourth-order valence-electron chi connectivity index (χ4n) is 1.52. The van der Waals surface area contributed by atoms with Crippen molar-refractivity contribution in [1.29, 1.82) is 0 Å². The van der Waals surface area contributed by atoms with Crippen molar-refractivity contribution < 1.29 is 14.2 Å². The zero-order chi connectivity index (χ0) is 11.1. The summed E-state index contributed by atoms with van der Waals surface area (Å²) in [5.74, 6) is 0. The van der Waals surface area contributed by atoms with E-state index in [2.05, 4.69) is 9.97 Å². The highest BCUT2D eigenvalue weighted by molar-refractivity contribution is 4.92. The molecule has 5 heteroatoms. The minimum atomic E-state index is -0.0611. The maximum absolute atomic E-state index is 5.50. The van der Waals surface area contributed by atoms with E-state index in [9.17, 15) is 0 Å². The molecule has 16 heavy (non-hydrogen) atoms. The highest BCUT2D eigenvalue weighted by Crippen LogP contribution is 2.13. The Labute approximate surface area is 94.8 Å². The molecule has 1 aromatic heterocycles. The van der Waals surface area contributed by atoms with Crippen LogP contribution >= 0.6 is 0 Å². The summed E-state index contributed by atoms with van der Waals surface area (Å²) in [5.41, 5.74) is 0. The van der Waals surface area contributed by atoms with Gasteiger partial charge in [0.25, 0.3) is 0 Å². The zero-order valence-corrected chi connectivity index (χ0v) is 9.17. The van der Waals surface area contributed by atoms with Gasteiger partial charge in [-0.15, -0.1) is 0 Å². The van der Waals surface area contributed by atoms with Crippen molar-refractivity contribution in [3.8, 4) is 6.01 Å². The summed E-state index contributed by atoms with van der Waals surface area (Å²) < 4.78 is 16.2. The molecule has 1 aliphatic rings. The van der Waals surface area contributed by atoms with Crippen molar-refractivity contribution in [2.75, 3.05) is 19.8 Å². The van der Waals surface area contributed by atoms with E-state index in [0.29, 0.717) is 19.2 Å². The SMILES string of the molecule is c1cnc(OCCOC2CCCCO2)nc1. The number of rotatable bonds is 5. The van der Waals surface area contributed by atoms with Gasteiger partial charge in [-0.2, -0.15) is 0 Å². The Kier molecular flexibility index (Phi) is 4.51. The largest absolute Gasteiger partial charge is 0.461 e. The van der Waals surface area contributed by atoms with Crippen molar-refractivity contribution in [2.24, 2.45) is 0 Å². The molecule has 88 valence electrons. The predicted octanol–water partition coefficient (Wildman–Crippen LogP) is 1.40. The quantitative estimate of drug-likeness (QED) is 0.707. The van der Waals surface area contributed by atoms with Gasteiger partial charge in [-0.1, -0.05) is 0 Å². The van der Waals surface area contributed by atoms with Crippen LogP contribution in [0.3, 0.4) is 0 Å². The van der Waals surface area contributed by atoms with Crippen LogP contribution in [0.1, 0.15) is 19.3 Å². The third kappa shape index (κ3) is 3.75. The lowest BCUT2D eigenvalue weighted by Crippen LogP contribution is -2.24. The number of hydrogen-bond donors (Lipinski definition) is 0. The molecule has 0 aromatic carbocycles. The molecule has 0 amide bonds. The maximum Gasteiger partial charge on any atom is 0.316 e. The van der Waals surface area contributed by atoms with Gasteiger partial charge in [-0.05, 0) is 25.3 Å². The van der Waals surface area contributed by atoms with Crippen LogP contribution in [0.2, 0.25) is 0 Å². The van der Waals surface area contributed by atoms with Crippen molar-refractivity contribution in [3.05, 3.63) is 18.5 Å². The molecule has 0 bridgehead atoms. The Balaban J connectivity index is 1.58. The molecule has 1 fully saturated rings. The number of ether oxygens (including phenoxy) is 3. The zero-order valence-electron chi connectivity index (χ0n) is 9.17. The number of hydrogen-bond acceptors (Lipinski definition) is 5. The molecule has 0 N–H and O–H groups in total. The Morgan fingerprint density at radius 2 is 2.12 bits per heavy atom. The summed E-state index contributed by atoms with van der Waals surface area (Å²) in [6.45, 7) is 1.75. The minimum Gasteiger partial charge on any atom is -0.461 e. The van der Waals surface area contributed by atoms with Crippen LogP contribution in [-0.4, -0.2) is 36.1 Å². The third-order valence-electron chi connectivity index (χ3n) is 2.30. The van der Waals surface area contributed by atoms with E-state index in [1.165, 1.54) is 6.42 Å². The molecule has 0 aliphatic carbocycles. The summed E-state index contributed by atoms with van der Waals surface area (Å²) >= 11 is 0. The summed E-state index contributed by atoms with van der Waals surface area (Å²) in [7, 11) is 0. The minimum absolute atomic E-state index is 0.0611. The monoisotopic (exact) mass is 224 g/mol. The van der Waals surface area contributed by atoms with E-state index in [4.69, 9.17) is 14.2 Å². The molecule has 0 spiro atoms. The first-order valence-corrected chi connectivity index (χ1v) is 5.58. The van der Waals surface area contributed by atoms with Crippen molar-refractivity contribution in [2.45, 2.75) is 25.6 Å². The Bertz CT molecular complexity index is 289. The van der Waals surface area contributed by atoms with Gasteiger partial charge in [0, 0.05) is 19.0 Å². The van der Waals surface area contributed by atoms with Gasteiger partial charge in [0.15, 0.2) is 6.29 Å². The van der Waals surface area contributed by atoms with E-state index in [0.717, 1.165) is 19.4 Å². The number of aromatic nitrogens is 2. The second kappa shape index (κ2) is 6.40. The first-order chi connectivity index (χ1) is 7.95. The van der Waals surface area contributed by atoms with E-state index in [1.807, 2.05) is 0 Å². The molecule has 0 saturated carbocycles. The summed E-state index contributed by atoms with van der Waals surface area (Å²) in [5, 5.41) is 0. The standard InChI is InChI=1S/C11H16N2O3/c1-2-7-14-10(4-1)15-8-9-16-11-12-5-3-6-13-11/h3,5-6,10H,1-2,4,7-9H2. The summed E-state index contributed by atoms with van der Waals surface area (Å²) in [4.78, 5) is 7.89. The van der Waals surface area contributed by atoms with E-state index >= 15 is 0 Å². The fraction of sp³-hybridized carbons (Fsp3) is 0.636. The Hall–Kier alpha value is -1.20. The lowest BCUT2D eigenvalue weighted by atomic mass is 10.2. The number of nitrogens with zero attached hydrogens (tertiary/aromatic N) is 2. The molecular weight excluding hydrogens is 208 g/mol. The lowest BCUT2D eigenvalue weighted by molar-refractivity contribution is -0.165. The van der Waals surface area contributed by atoms with Gasteiger partial charge < -0.3 is 14.2 Å². The van der Waals surface area contributed by atoms with Gasteiger partial charge in [-0.3, -0.25) is 0 Å². The van der Waals surface area contributed by atoms with E-state index < -0.39 is 0 Å². The van der Waals surface area contributed by atoms with Gasteiger partial charge in [0.2, 0.25) is 0 Å². The van der Waals surface area contributed by atoms with Gasteiger partial charge in [0.05, 0.1) is 6.61 Å². The van der Waals surface area contributed by atoms with Crippen LogP contribution in [0.4, 0.5) is 0 Å². The smallest absolute Gasteiger partial charge is 0.316 e. The highest BCUT2D eigenvalue weighted by Gasteiger charge is 2.13. The second-order valence-electron chi connectivity index (χ2n) is 3.55. The van der Waals surface area contributed by atoms with Crippen LogP contribution in [0.15, 0.2) is 18.5 Å². The average Bonchev–Trinajstić information content (AvgIpc) is 2.37. The fourth-order valence-corrected chi connectivity index (χ4v) is 1.52. The molecule has 1 saturated heterocycles. The second-order valence-corrected chi connectivity index (χ2v) is 3.55. The molecule has 5 nitrogen and oxygen atoms in total. The molecule has 2 heterocycles. The van der Waals surface area contributed by atoms with Gasteiger partial charge >= 0.3 is 6.01 Å². The molecule has 1 unspecified atom stereocenters. The molecule has 1 aromatic rings. The maximum atomic E-state index is 5.50. The summed E-state index contributed by atoms with van der Waals surface area (Å²) in [6, 6.07) is 2.13. The van der Waals surface area contributed by atoms with E-state index in [1.54, 1.807) is 18.5 Å². The molecule has 0 radical (unpaired) electrons. The first kappa shape index (κ1) is 11.3. The van der Waals surface area contributed by atoms with Gasteiger partial charge in [0.1, 0.15) is 6.61 Å². The lowest BCUT2D eigenvalue weighted by Gasteiger charge is -2.22. The normalized spacial score (nSPS) is 20.6. The Morgan fingerprint density at radius 3 is 2.88 bits per heavy atom. The van der Waals surface area contributed by atoms with E-state index in [-0.39, 0.29) is 6.29 Å². The Morgan fingerprint density at radius 1 is 1.25 bits per heavy atom. The highest BCUT2D eigenvalue weighted by atomic mass is 16.7. The van der Waals surface area contributed by atoms with Crippen molar-refractivity contribution in [1.82, 2.24) is 9.97 Å². The van der Waals surface area contributed by atoms with Crippen molar-refractivity contribution in [3.63, 3.8) is 0 Å². The third-order valence-corrected chi connectivity index (χ3v) is 2.30. The van der Waals surface area contributed by atoms with Crippen LogP contribution in [0.25, 0.3) is 0 Å². The first-order valence-electron chi connectivity index (χ1n) is 5.58. The molecule has 2 rings (SSSR count). The van der Waals surface area contributed by atoms with Crippen LogP contribution in [0.5, 0.6) is 6.01 Å². The topological polar surface area (TPSA) is 53.5 Å². The van der Waals surface area contributed by atoms with Crippen LogP contribution in [0, 0.1) is 0 Å². The van der Waals surface area contributed by atoms with Gasteiger partial charge in [-0.25, -0.2) is 9.97 Å².